The van der Waals surface area contributed by atoms with Crippen LogP contribution in [0, 0.1) is 9.81 Å². The van der Waals surface area contributed by atoms with Crippen molar-refractivity contribution in [1.82, 2.24) is 0 Å². The zero-order valence-electron chi connectivity index (χ0n) is 14.1. The number of hydrogen-bond donors (Lipinski definition) is 0. The third-order valence-electron chi connectivity index (χ3n) is 3.66. The Morgan fingerprint density at radius 2 is 1.76 bits per heavy atom. The molecule has 0 spiro atoms. The molecule has 25 heavy (non-hydrogen) atoms. The topological polar surface area (TPSA) is 77.3 Å². The molecular formula is C19H18N2O4. The van der Waals surface area contributed by atoms with Gasteiger partial charge in [-0.15, -0.1) is 16.4 Å². The van der Waals surface area contributed by atoms with Crippen LogP contribution in [0.15, 0.2) is 53.3 Å². The Morgan fingerprint density at radius 1 is 1.00 bits per heavy atom. The van der Waals surface area contributed by atoms with Gasteiger partial charge in [-0.25, -0.2) is 0 Å². The van der Waals surface area contributed by atoms with E-state index in [0.29, 0.717) is 17.9 Å². The maximum absolute atomic E-state index is 10.9. The number of hydrogen-bond acceptors (Lipinski definition) is 6. The highest BCUT2D eigenvalue weighted by Crippen LogP contribution is 2.32. The zero-order chi connectivity index (χ0) is 18.2. The molecule has 2 aromatic rings. The number of ether oxygens (including phenoxy) is 2. The van der Waals surface area contributed by atoms with Gasteiger partial charge >= 0.3 is 0 Å². The molecule has 128 valence electrons. The molecule has 0 heterocycles. The highest BCUT2D eigenvalue weighted by molar-refractivity contribution is 5.76. The number of rotatable bonds is 8. The highest BCUT2D eigenvalue weighted by Gasteiger charge is 2.10. The predicted molar refractivity (Wildman–Crippen MR) is 99.7 cm³/mol. The molecular weight excluding hydrogens is 320 g/mol. The number of methoxy groups -OCH3 is 2. The first-order valence-electron chi connectivity index (χ1n) is 7.51. The summed E-state index contributed by atoms with van der Waals surface area (Å²) in [6.45, 7) is 3.75. The second-order valence-corrected chi connectivity index (χ2v) is 5.16. The van der Waals surface area contributed by atoms with E-state index in [-0.39, 0.29) is 11.4 Å². The lowest BCUT2D eigenvalue weighted by Crippen LogP contribution is -1.94. The molecule has 0 aliphatic heterocycles. The third-order valence-corrected chi connectivity index (χ3v) is 3.66. The lowest BCUT2D eigenvalue weighted by atomic mass is 10.0. The van der Waals surface area contributed by atoms with Crippen LogP contribution in [0.3, 0.4) is 0 Å². The Bertz CT molecular complexity index is 828. The first-order valence-corrected chi connectivity index (χ1v) is 7.51. The summed E-state index contributed by atoms with van der Waals surface area (Å²) in [4.78, 5) is 21.6. The number of nitrogens with zero attached hydrogens (tertiary/aromatic N) is 2. The summed E-state index contributed by atoms with van der Waals surface area (Å²) >= 11 is 0. The molecule has 6 heteroatoms. The Balaban J connectivity index is 2.47. The normalized spacial score (nSPS) is 10.5. The average molecular weight is 338 g/mol. The molecule has 2 aromatic carbocycles. The van der Waals surface area contributed by atoms with Crippen molar-refractivity contribution in [3.05, 3.63) is 69.5 Å². The quantitative estimate of drug-likeness (QED) is 0.367. The van der Waals surface area contributed by atoms with E-state index in [1.54, 1.807) is 43.5 Å². The summed E-state index contributed by atoms with van der Waals surface area (Å²) in [5.74, 6) is 0.971. The molecule has 0 aliphatic carbocycles. The summed E-state index contributed by atoms with van der Waals surface area (Å²) in [5, 5.41) is 5.90. The van der Waals surface area contributed by atoms with Gasteiger partial charge in [-0.05, 0) is 46.1 Å². The summed E-state index contributed by atoms with van der Waals surface area (Å²) < 4.78 is 10.5. The van der Waals surface area contributed by atoms with E-state index < -0.39 is 0 Å². The standard InChI is InChI=1S/C19H18N2O4/c1-4-5-16-14(11-15(20-22)12-18(16)24-2)8-6-13-7-9-17(21-23)19(10-13)25-3/h4,6-12H,1,5H2,2-3H3/b8-6+. The number of allylic oxidation sites excluding steroid dienone is 1. The number of nitroso groups, excluding NO2 is 2. The molecule has 0 saturated heterocycles. The summed E-state index contributed by atoms with van der Waals surface area (Å²) in [5.41, 5.74) is 3.03. The monoisotopic (exact) mass is 338 g/mol. The summed E-state index contributed by atoms with van der Waals surface area (Å²) in [6, 6.07) is 8.32. The van der Waals surface area contributed by atoms with Crippen LogP contribution in [-0.4, -0.2) is 14.2 Å². The van der Waals surface area contributed by atoms with Crippen molar-refractivity contribution in [2.45, 2.75) is 6.42 Å². The Hall–Kier alpha value is -3.28. The summed E-state index contributed by atoms with van der Waals surface area (Å²) in [7, 11) is 3.02. The van der Waals surface area contributed by atoms with Crippen LogP contribution in [0.1, 0.15) is 16.7 Å². The van der Waals surface area contributed by atoms with Gasteiger partial charge in [0, 0.05) is 11.6 Å². The lowest BCUT2D eigenvalue weighted by Gasteiger charge is -2.11. The molecule has 0 bridgehead atoms. The molecule has 2 rings (SSSR count). The fourth-order valence-corrected chi connectivity index (χ4v) is 2.46. The van der Waals surface area contributed by atoms with Crippen LogP contribution in [0.5, 0.6) is 11.5 Å². The van der Waals surface area contributed by atoms with Gasteiger partial charge in [-0.3, -0.25) is 0 Å². The fourth-order valence-electron chi connectivity index (χ4n) is 2.46. The first kappa shape index (κ1) is 18.1. The van der Waals surface area contributed by atoms with E-state index in [4.69, 9.17) is 9.47 Å². The van der Waals surface area contributed by atoms with E-state index >= 15 is 0 Å². The molecule has 0 aliphatic rings. The van der Waals surface area contributed by atoms with Crippen LogP contribution in [0.2, 0.25) is 0 Å². The molecule has 0 saturated carbocycles. The van der Waals surface area contributed by atoms with Crippen LogP contribution < -0.4 is 9.47 Å². The van der Waals surface area contributed by atoms with E-state index in [2.05, 4.69) is 16.9 Å². The van der Waals surface area contributed by atoms with Crippen LogP contribution >= 0.6 is 0 Å². The van der Waals surface area contributed by atoms with Crippen LogP contribution in [0.25, 0.3) is 12.2 Å². The van der Waals surface area contributed by atoms with Gasteiger partial charge in [0.05, 0.1) is 14.2 Å². The summed E-state index contributed by atoms with van der Waals surface area (Å²) in [6.07, 6.45) is 6.03. The molecule has 0 N–H and O–H groups in total. The molecule has 0 fully saturated rings. The van der Waals surface area contributed by atoms with Crippen molar-refractivity contribution < 1.29 is 9.47 Å². The van der Waals surface area contributed by atoms with Gasteiger partial charge in [0.15, 0.2) is 0 Å². The molecule has 0 radical (unpaired) electrons. The lowest BCUT2D eigenvalue weighted by molar-refractivity contribution is 0.411. The van der Waals surface area contributed by atoms with Crippen molar-refractivity contribution in [2.24, 2.45) is 10.4 Å². The minimum absolute atomic E-state index is 0.237. The Morgan fingerprint density at radius 3 is 2.36 bits per heavy atom. The van der Waals surface area contributed by atoms with E-state index in [1.165, 1.54) is 7.11 Å². The Kier molecular flexibility index (Phi) is 6.17. The minimum atomic E-state index is 0.237. The maximum atomic E-state index is 10.9. The second-order valence-electron chi connectivity index (χ2n) is 5.16. The van der Waals surface area contributed by atoms with Crippen molar-refractivity contribution in [1.29, 1.82) is 0 Å². The van der Waals surface area contributed by atoms with Gasteiger partial charge < -0.3 is 9.47 Å². The van der Waals surface area contributed by atoms with Gasteiger partial charge in [-0.1, -0.05) is 24.3 Å². The largest absolute Gasteiger partial charge is 0.496 e. The highest BCUT2D eigenvalue weighted by atomic mass is 16.5. The van der Waals surface area contributed by atoms with Crippen molar-refractivity contribution in [2.75, 3.05) is 14.2 Å². The van der Waals surface area contributed by atoms with Crippen molar-refractivity contribution in [3.63, 3.8) is 0 Å². The molecule has 6 nitrogen and oxygen atoms in total. The third kappa shape index (κ3) is 4.17. The fraction of sp³-hybridized carbons (Fsp3) is 0.158. The van der Waals surface area contributed by atoms with Gasteiger partial charge in [0.1, 0.15) is 22.9 Å². The van der Waals surface area contributed by atoms with E-state index in [1.807, 2.05) is 12.2 Å². The molecule has 0 unspecified atom stereocenters. The second kappa shape index (κ2) is 8.54. The van der Waals surface area contributed by atoms with Crippen LogP contribution in [-0.2, 0) is 6.42 Å². The predicted octanol–water partition coefficient (Wildman–Crippen LogP) is 5.40. The Labute approximate surface area is 145 Å². The molecule has 0 aromatic heterocycles. The van der Waals surface area contributed by atoms with E-state index in [0.717, 1.165) is 16.7 Å². The molecule has 0 atom stereocenters. The van der Waals surface area contributed by atoms with Crippen molar-refractivity contribution >= 4 is 23.5 Å². The molecule has 0 amide bonds. The maximum Gasteiger partial charge on any atom is 0.149 e. The van der Waals surface area contributed by atoms with Gasteiger partial charge in [0.2, 0.25) is 0 Å². The zero-order valence-corrected chi connectivity index (χ0v) is 14.1. The van der Waals surface area contributed by atoms with Crippen LogP contribution in [0.4, 0.5) is 11.4 Å². The van der Waals surface area contributed by atoms with Gasteiger partial charge in [-0.2, -0.15) is 0 Å². The van der Waals surface area contributed by atoms with E-state index in [9.17, 15) is 9.81 Å². The number of benzene rings is 2. The average Bonchev–Trinajstić information content (AvgIpc) is 2.66. The minimum Gasteiger partial charge on any atom is -0.496 e. The first-order chi connectivity index (χ1) is 12.2. The van der Waals surface area contributed by atoms with Gasteiger partial charge in [0.25, 0.3) is 0 Å². The SMILES string of the molecule is C=CCc1c(/C=C/c2ccc(N=O)c(OC)c2)cc(N=O)cc1OC. The smallest absolute Gasteiger partial charge is 0.149 e. The van der Waals surface area contributed by atoms with Crippen molar-refractivity contribution in [3.8, 4) is 11.5 Å².